The second kappa shape index (κ2) is 8.62. The quantitative estimate of drug-likeness (QED) is 0.291. The summed E-state index contributed by atoms with van der Waals surface area (Å²) in [6.07, 6.45) is 1.87. The van der Waals surface area contributed by atoms with Crippen molar-refractivity contribution in [3.63, 3.8) is 0 Å². The van der Waals surface area contributed by atoms with Gasteiger partial charge in [-0.05, 0) is 71.6 Å². The van der Waals surface area contributed by atoms with Gasteiger partial charge in [0.2, 0.25) is 0 Å². The van der Waals surface area contributed by atoms with Crippen LogP contribution in [0.15, 0.2) is 88.3 Å². The van der Waals surface area contributed by atoms with Gasteiger partial charge in [-0.25, -0.2) is 0 Å². The Hall–Kier alpha value is -2.91. The second-order valence-electron chi connectivity index (χ2n) is 7.14. The van der Waals surface area contributed by atoms with Crippen LogP contribution in [0.1, 0.15) is 22.3 Å². The van der Waals surface area contributed by atoms with Crippen LogP contribution in [-0.4, -0.2) is 6.21 Å². The Morgan fingerprint density at radius 1 is 0.862 bits per heavy atom. The van der Waals surface area contributed by atoms with Crippen LogP contribution in [0.5, 0.6) is 5.75 Å². The van der Waals surface area contributed by atoms with Gasteiger partial charge in [0.25, 0.3) is 0 Å². The van der Waals surface area contributed by atoms with Gasteiger partial charge in [-0.3, -0.25) is 4.99 Å². The molecule has 0 N–H and O–H groups in total. The second-order valence-corrected chi connectivity index (χ2v) is 8.05. The monoisotopic (exact) mass is 443 g/mol. The van der Waals surface area contributed by atoms with E-state index in [-0.39, 0.29) is 0 Å². The molecular weight excluding hydrogens is 422 g/mol. The highest BCUT2D eigenvalue weighted by atomic mass is 79.9. The van der Waals surface area contributed by atoms with E-state index < -0.39 is 0 Å². The van der Waals surface area contributed by atoms with Crippen LogP contribution in [0.3, 0.4) is 0 Å². The van der Waals surface area contributed by atoms with Crippen molar-refractivity contribution in [3.8, 4) is 5.75 Å². The Labute approximate surface area is 180 Å². The third kappa shape index (κ3) is 4.57. The Bertz CT molecular complexity index is 1190. The van der Waals surface area contributed by atoms with Gasteiger partial charge in [0.15, 0.2) is 0 Å². The smallest absolute Gasteiger partial charge is 0.128 e. The Morgan fingerprint density at radius 2 is 1.69 bits per heavy atom. The van der Waals surface area contributed by atoms with Crippen LogP contribution >= 0.6 is 15.9 Å². The van der Waals surface area contributed by atoms with Crippen LogP contribution in [-0.2, 0) is 6.61 Å². The number of fused-ring (bicyclic) bond motifs is 1. The summed E-state index contributed by atoms with van der Waals surface area (Å²) in [5, 5.41) is 2.44. The molecule has 0 radical (unpaired) electrons. The minimum atomic E-state index is 0.507. The molecule has 0 atom stereocenters. The van der Waals surface area contributed by atoms with Gasteiger partial charge >= 0.3 is 0 Å². The summed E-state index contributed by atoms with van der Waals surface area (Å²) in [6.45, 7) is 4.72. The van der Waals surface area contributed by atoms with E-state index >= 15 is 0 Å². The lowest BCUT2D eigenvalue weighted by Gasteiger charge is -2.11. The number of nitrogens with zero attached hydrogens (tertiary/aromatic N) is 1. The molecular formula is C26H22BrNO. The van der Waals surface area contributed by atoms with Gasteiger partial charge < -0.3 is 4.74 Å². The topological polar surface area (TPSA) is 21.6 Å². The normalized spacial score (nSPS) is 11.3. The van der Waals surface area contributed by atoms with Crippen LogP contribution in [0.2, 0.25) is 0 Å². The van der Waals surface area contributed by atoms with Crippen molar-refractivity contribution in [1.82, 2.24) is 0 Å². The summed E-state index contributed by atoms with van der Waals surface area (Å²) in [6, 6.07) is 26.9. The van der Waals surface area contributed by atoms with Gasteiger partial charge in [-0.1, -0.05) is 64.5 Å². The molecule has 0 aliphatic rings. The molecule has 0 aliphatic heterocycles. The summed E-state index contributed by atoms with van der Waals surface area (Å²) in [5.41, 5.74) is 5.56. The zero-order valence-electron chi connectivity index (χ0n) is 16.5. The number of hydrogen-bond acceptors (Lipinski definition) is 2. The Balaban J connectivity index is 1.59. The molecule has 4 aromatic rings. The first-order chi connectivity index (χ1) is 14.1. The SMILES string of the molecule is Cc1ccc(N=Cc2cc(Br)ccc2OCc2cccc3ccccc23)cc1C. The molecule has 0 heterocycles. The summed E-state index contributed by atoms with van der Waals surface area (Å²) in [4.78, 5) is 4.66. The first-order valence-corrected chi connectivity index (χ1v) is 10.4. The van der Waals surface area contributed by atoms with E-state index in [1.54, 1.807) is 0 Å². The van der Waals surface area contributed by atoms with Crippen molar-refractivity contribution >= 4 is 38.6 Å². The zero-order valence-corrected chi connectivity index (χ0v) is 18.1. The number of rotatable bonds is 5. The molecule has 0 aliphatic carbocycles. The fourth-order valence-corrected chi connectivity index (χ4v) is 3.65. The number of ether oxygens (including phenoxy) is 1. The van der Waals surface area contributed by atoms with E-state index in [0.29, 0.717) is 6.61 Å². The van der Waals surface area contributed by atoms with Crippen LogP contribution < -0.4 is 4.74 Å². The number of aliphatic imine (C=N–C) groups is 1. The van der Waals surface area contributed by atoms with Crippen molar-refractivity contribution in [2.45, 2.75) is 20.5 Å². The van der Waals surface area contributed by atoms with Crippen LogP contribution in [0.4, 0.5) is 5.69 Å². The van der Waals surface area contributed by atoms with E-state index in [4.69, 9.17) is 4.74 Å². The molecule has 2 nitrogen and oxygen atoms in total. The average Bonchev–Trinajstić information content (AvgIpc) is 2.74. The lowest BCUT2D eigenvalue weighted by atomic mass is 10.1. The first kappa shape index (κ1) is 19.4. The summed E-state index contributed by atoms with van der Waals surface area (Å²) >= 11 is 3.56. The van der Waals surface area contributed by atoms with Crippen molar-refractivity contribution in [2.75, 3.05) is 0 Å². The third-order valence-corrected chi connectivity index (χ3v) is 5.57. The number of aryl methyl sites for hydroxylation is 2. The highest BCUT2D eigenvalue weighted by Crippen LogP contribution is 2.26. The van der Waals surface area contributed by atoms with Gasteiger partial charge in [0.1, 0.15) is 12.4 Å². The maximum Gasteiger partial charge on any atom is 0.128 e. The third-order valence-electron chi connectivity index (χ3n) is 5.08. The summed E-state index contributed by atoms with van der Waals surface area (Å²) < 4.78 is 7.20. The Morgan fingerprint density at radius 3 is 2.55 bits per heavy atom. The molecule has 3 heteroatoms. The van der Waals surface area contributed by atoms with Gasteiger partial charge in [-0.15, -0.1) is 0 Å². The fraction of sp³-hybridized carbons (Fsp3) is 0.115. The van der Waals surface area contributed by atoms with E-state index in [2.05, 4.69) is 89.4 Å². The molecule has 0 spiro atoms. The van der Waals surface area contributed by atoms with Gasteiger partial charge in [0, 0.05) is 16.3 Å². The first-order valence-electron chi connectivity index (χ1n) is 9.60. The lowest BCUT2D eigenvalue weighted by molar-refractivity contribution is 0.307. The van der Waals surface area contributed by atoms with E-state index in [1.807, 2.05) is 30.5 Å². The predicted octanol–water partition coefficient (Wildman–Crippen LogP) is 7.55. The number of halogens is 1. The fourth-order valence-electron chi connectivity index (χ4n) is 3.28. The van der Waals surface area contributed by atoms with E-state index in [9.17, 15) is 0 Å². The van der Waals surface area contributed by atoms with Gasteiger partial charge in [-0.2, -0.15) is 0 Å². The average molecular weight is 444 g/mol. The molecule has 0 saturated carbocycles. The molecule has 0 unspecified atom stereocenters. The van der Waals surface area contributed by atoms with Crippen molar-refractivity contribution in [1.29, 1.82) is 0 Å². The highest BCUT2D eigenvalue weighted by Gasteiger charge is 2.06. The maximum absolute atomic E-state index is 6.21. The number of hydrogen-bond donors (Lipinski definition) is 0. The largest absolute Gasteiger partial charge is 0.488 e. The predicted molar refractivity (Wildman–Crippen MR) is 126 cm³/mol. The summed E-state index contributed by atoms with van der Waals surface area (Å²) in [5.74, 6) is 0.814. The molecule has 0 amide bonds. The van der Waals surface area contributed by atoms with Crippen LogP contribution in [0, 0.1) is 13.8 Å². The zero-order chi connectivity index (χ0) is 20.2. The van der Waals surface area contributed by atoms with Crippen molar-refractivity contribution in [2.24, 2.45) is 4.99 Å². The lowest BCUT2D eigenvalue weighted by Crippen LogP contribution is -1.99. The molecule has 29 heavy (non-hydrogen) atoms. The van der Waals surface area contributed by atoms with E-state index in [1.165, 1.54) is 27.5 Å². The molecule has 0 saturated heterocycles. The van der Waals surface area contributed by atoms with E-state index in [0.717, 1.165) is 21.5 Å². The highest BCUT2D eigenvalue weighted by molar-refractivity contribution is 9.10. The summed E-state index contributed by atoms with van der Waals surface area (Å²) in [7, 11) is 0. The molecule has 0 bridgehead atoms. The maximum atomic E-state index is 6.21. The van der Waals surface area contributed by atoms with Crippen LogP contribution in [0.25, 0.3) is 10.8 Å². The molecule has 4 aromatic carbocycles. The minimum absolute atomic E-state index is 0.507. The molecule has 144 valence electrons. The Kier molecular flexibility index (Phi) is 5.77. The molecule has 0 aromatic heterocycles. The number of benzene rings is 4. The molecule has 0 fully saturated rings. The standard InChI is InChI=1S/C26H22BrNO/c1-18-10-12-24(14-19(18)2)28-16-22-15-23(27)11-13-26(22)29-17-21-8-5-7-20-6-3-4-9-25(20)21/h3-16H,17H2,1-2H3. The molecule has 4 rings (SSSR count). The van der Waals surface area contributed by atoms with Crippen molar-refractivity contribution in [3.05, 3.63) is 106 Å². The van der Waals surface area contributed by atoms with Gasteiger partial charge in [0.05, 0.1) is 5.69 Å². The minimum Gasteiger partial charge on any atom is -0.488 e. The van der Waals surface area contributed by atoms with Crippen molar-refractivity contribution < 1.29 is 4.74 Å².